The molecule has 1 N–H and O–H groups in total. The van der Waals surface area contributed by atoms with E-state index in [4.69, 9.17) is 14.2 Å². The van der Waals surface area contributed by atoms with Crippen LogP contribution in [-0.4, -0.2) is 51.3 Å². The highest BCUT2D eigenvalue weighted by atomic mass is 16.5. The predicted molar refractivity (Wildman–Crippen MR) is 125 cm³/mol. The number of rotatable bonds is 7. The van der Waals surface area contributed by atoms with Crippen molar-refractivity contribution in [1.29, 1.82) is 0 Å². The van der Waals surface area contributed by atoms with Crippen LogP contribution < -0.4 is 14.8 Å². The fourth-order valence-corrected chi connectivity index (χ4v) is 3.86. The number of methoxy groups -OCH3 is 2. The van der Waals surface area contributed by atoms with E-state index in [1.807, 2.05) is 77.7 Å². The minimum atomic E-state index is -0.494. The number of nitrogens with one attached hydrogen (secondary N) is 1. The molecule has 0 aliphatic carbocycles. The smallest absolute Gasteiger partial charge is 0.249 e. The fraction of sp³-hybridized carbons (Fsp3) is 0.269. The Morgan fingerprint density at radius 1 is 0.938 bits per heavy atom. The standard InChI is InChI=1S/C26H28N2O4/c1-30-22-11-8-19(9-12-22)23-18-21(10-13-24(23)31-2)27-25(20-6-4-3-5-7-20)26(29)28-14-16-32-17-15-28/h3-13,18,25,27H,14-17H2,1-2H3. The summed E-state index contributed by atoms with van der Waals surface area (Å²) in [7, 11) is 3.31. The van der Waals surface area contributed by atoms with Gasteiger partial charge < -0.3 is 24.4 Å². The molecule has 4 rings (SSSR count). The van der Waals surface area contributed by atoms with Gasteiger partial charge in [0, 0.05) is 24.3 Å². The second-order valence-electron chi connectivity index (χ2n) is 7.57. The Kier molecular flexibility index (Phi) is 6.92. The molecule has 1 aliphatic rings. The van der Waals surface area contributed by atoms with Gasteiger partial charge in [0.15, 0.2) is 0 Å². The van der Waals surface area contributed by atoms with Crippen LogP contribution in [-0.2, 0) is 9.53 Å². The molecular weight excluding hydrogens is 404 g/mol. The van der Waals surface area contributed by atoms with E-state index in [1.54, 1.807) is 14.2 Å². The molecule has 0 saturated carbocycles. The monoisotopic (exact) mass is 432 g/mol. The number of anilines is 1. The number of amides is 1. The summed E-state index contributed by atoms with van der Waals surface area (Å²) in [6, 6.07) is 23.0. The lowest BCUT2D eigenvalue weighted by atomic mass is 10.0. The fourth-order valence-electron chi connectivity index (χ4n) is 3.86. The van der Waals surface area contributed by atoms with Gasteiger partial charge in [-0.1, -0.05) is 42.5 Å². The van der Waals surface area contributed by atoms with Crippen molar-refractivity contribution in [1.82, 2.24) is 4.90 Å². The van der Waals surface area contributed by atoms with E-state index in [0.29, 0.717) is 26.3 Å². The lowest BCUT2D eigenvalue weighted by Gasteiger charge is -2.31. The van der Waals surface area contributed by atoms with Crippen molar-refractivity contribution in [3.8, 4) is 22.6 Å². The molecule has 0 radical (unpaired) electrons. The zero-order chi connectivity index (χ0) is 22.3. The van der Waals surface area contributed by atoms with Crippen molar-refractivity contribution >= 4 is 11.6 Å². The van der Waals surface area contributed by atoms with Crippen LogP contribution >= 0.6 is 0 Å². The van der Waals surface area contributed by atoms with Gasteiger partial charge in [0.2, 0.25) is 5.91 Å². The molecule has 6 nitrogen and oxygen atoms in total. The van der Waals surface area contributed by atoms with E-state index in [2.05, 4.69) is 5.32 Å². The third-order valence-electron chi connectivity index (χ3n) is 5.61. The number of nitrogens with zero attached hydrogens (tertiary/aromatic N) is 1. The van der Waals surface area contributed by atoms with Gasteiger partial charge in [-0.15, -0.1) is 0 Å². The Hall–Kier alpha value is -3.51. The predicted octanol–water partition coefficient (Wildman–Crippen LogP) is 4.38. The average molecular weight is 433 g/mol. The molecule has 1 unspecified atom stereocenters. The SMILES string of the molecule is COc1ccc(-c2cc(NC(C(=O)N3CCOCC3)c3ccccc3)ccc2OC)cc1. The average Bonchev–Trinajstić information content (AvgIpc) is 2.88. The first-order chi connectivity index (χ1) is 15.7. The van der Waals surface area contributed by atoms with Crippen LogP contribution in [0.3, 0.4) is 0 Å². The zero-order valence-corrected chi connectivity index (χ0v) is 18.4. The molecule has 166 valence electrons. The van der Waals surface area contributed by atoms with Crippen molar-refractivity contribution in [2.24, 2.45) is 0 Å². The summed E-state index contributed by atoms with van der Waals surface area (Å²) in [5.41, 5.74) is 3.70. The van der Waals surface area contributed by atoms with Gasteiger partial charge in [-0.2, -0.15) is 0 Å². The molecule has 1 heterocycles. The maximum atomic E-state index is 13.4. The summed E-state index contributed by atoms with van der Waals surface area (Å²) in [6.45, 7) is 2.34. The van der Waals surface area contributed by atoms with Crippen molar-refractivity contribution in [3.63, 3.8) is 0 Å². The number of ether oxygens (including phenoxy) is 3. The Morgan fingerprint density at radius 2 is 1.66 bits per heavy atom. The minimum absolute atomic E-state index is 0.0429. The summed E-state index contributed by atoms with van der Waals surface area (Å²) < 4.78 is 16.3. The molecule has 1 fully saturated rings. The summed E-state index contributed by atoms with van der Waals surface area (Å²) in [5, 5.41) is 3.46. The van der Waals surface area contributed by atoms with Gasteiger partial charge in [0.1, 0.15) is 17.5 Å². The molecule has 1 atom stereocenters. The molecule has 3 aromatic rings. The summed E-state index contributed by atoms with van der Waals surface area (Å²) >= 11 is 0. The van der Waals surface area contributed by atoms with Gasteiger partial charge >= 0.3 is 0 Å². The first-order valence-corrected chi connectivity index (χ1v) is 10.7. The quantitative estimate of drug-likeness (QED) is 0.600. The molecule has 32 heavy (non-hydrogen) atoms. The van der Waals surface area contributed by atoms with E-state index in [0.717, 1.165) is 33.9 Å². The number of carbonyl (C=O) groups excluding carboxylic acids is 1. The maximum absolute atomic E-state index is 13.4. The lowest BCUT2D eigenvalue weighted by molar-refractivity contribution is -0.136. The van der Waals surface area contributed by atoms with Crippen molar-refractivity contribution in [2.75, 3.05) is 45.8 Å². The van der Waals surface area contributed by atoms with Crippen LogP contribution in [0.25, 0.3) is 11.1 Å². The van der Waals surface area contributed by atoms with E-state index < -0.39 is 6.04 Å². The Bertz CT molecular complexity index is 1030. The van der Waals surface area contributed by atoms with Crippen LogP contribution in [0, 0.1) is 0 Å². The largest absolute Gasteiger partial charge is 0.497 e. The summed E-state index contributed by atoms with van der Waals surface area (Å²) in [4.78, 5) is 15.3. The first kappa shape index (κ1) is 21.7. The molecule has 1 aliphatic heterocycles. The second kappa shape index (κ2) is 10.2. The molecule has 1 amide bonds. The van der Waals surface area contributed by atoms with Crippen molar-refractivity contribution in [3.05, 3.63) is 78.4 Å². The lowest BCUT2D eigenvalue weighted by Crippen LogP contribution is -2.44. The minimum Gasteiger partial charge on any atom is -0.497 e. The third kappa shape index (κ3) is 4.86. The number of morpholine rings is 1. The molecule has 1 saturated heterocycles. The summed E-state index contributed by atoms with van der Waals surface area (Å²) in [5.74, 6) is 1.60. The first-order valence-electron chi connectivity index (χ1n) is 10.7. The van der Waals surface area contributed by atoms with Crippen LogP contribution in [0.5, 0.6) is 11.5 Å². The zero-order valence-electron chi connectivity index (χ0n) is 18.4. The number of hydrogen-bond donors (Lipinski definition) is 1. The molecule has 0 aromatic heterocycles. The highest BCUT2D eigenvalue weighted by Gasteiger charge is 2.27. The Morgan fingerprint density at radius 3 is 2.31 bits per heavy atom. The summed E-state index contributed by atoms with van der Waals surface area (Å²) in [6.07, 6.45) is 0. The topological polar surface area (TPSA) is 60.0 Å². The van der Waals surface area contributed by atoms with Gasteiger partial charge in [-0.25, -0.2) is 0 Å². The van der Waals surface area contributed by atoms with Crippen LogP contribution in [0.2, 0.25) is 0 Å². The number of carbonyl (C=O) groups is 1. The van der Waals surface area contributed by atoms with Gasteiger partial charge in [0.05, 0.1) is 27.4 Å². The highest BCUT2D eigenvalue weighted by molar-refractivity contribution is 5.87. The van der Waals surface area contributed by atoms with Crippen LogP contribution in [0.4, 0.5) is 5.69 Å². The van der Waals surface area contributed by atoms with Crippen LogP contribution in [0.1, 0.15) is 11.6 Å². The number of hydrogen-bond acceptors (Lipinski definition) is 5. The Labute approximate surface area is 188 Å². The van der Waals surface area contributed by atoms with Gasteiger partial charge in [-0.3, -0.25) is 4.79 Å². The molecule has 3 aromatic carbocycles. The van der Waals surface area contributed by atoms with E-state index in [9.17, 15) is 4.79 Å². The second-order valence-corrected chi connectivity index (χ2v) is 7.57. The number of benzene rings is 3. The molecule has 0 spiro atoms. The van der Waals surface area contributed by atoms with E-state index >= 15 is 0 Å². The molecule has 6 heteroatoms. The van der Waals surface area contributed by atoms with Gasteiger partial charge in [0.25, 0.3) is 0 Å². The van der Waals surface area contributed by atoms with E-state index in [1.165, 1.54) is 0 Å². The van der Waals surface area contributed by atoms with Crippen molar-refractivity contribution < 1.29 is 19.0 Å². The normalized spacial score (nSPS) is 14.5. The third-order valence-corrected chi connectivity index (χ3v) is 5.61. The maximum Gasteiger partial charge on any atom is 0.249 e. The Balaban J connectivity index is 1.66. The highest BCUT2D eigenvalue weighted by Crippen LogP contribution is 2.35. The van der Waals surface area contributed by atoms with Crippen molar-refractivity contribution in [2.45, 2.75) is 6.04 Å². The molecular formula is C26H28N2O4. The molecule has 0 bridgehead atoms. The van der Waals surface area contributed by atoms with Crippen LogP contribution in [0.15, 0.2) is 72.8 Å². The van der Waals surface area contributed by atoms with E-state index in [-0.39, 0.29) is 5.91 Å². The van der Waals surface area contributed by atoms with Gasteiger partial charge in [-0.05, 0) is 41.5 Å².